The number of carbonyl (C=O) groups excluding carboxylic acids is 1. The maximum absolute atomic E-state index is 12.3. The molecule has 0 saturated carbocycles. The van der Waals surface area contributed by atoms with Crippen LogP contribution in [-0.4, -0.2) is 34.9 Å². The molecule has 1 atom stereocenters. The smallest absolute Gasteiger partial charge is 0.255 e. The first kappa shape index (κ1) is 14.7. The third kappa shape index (κ3) is 2.92. The highest BCUT2D eigenvalue weighted by Gasteiger charge is 2.22. The van der Waals surface area contributed by atoms with Crippen molar-refractivity contribution in [3.8, 4) is 0 Å². The fourth-order valence-corrected chi connectivity index (χ4v) is 2.05. The minimum atomic E-state index is -0.459. The first-order chi connectivity index (χ1) is 8.40. The average molecular weight is 361 g/mol. The summed E-state index contributed by atoms with van der Waals surface area (Å²) in [5, 5.41) is 11.6. The molecule has 3 N–H and O–H groups in total. The molecule has 6 heteroatoms. The number of likely N-dealkylation sites (N-methyl/N-ethyl adjacent to an activating group) is 1. The minimum Gasteiger partial charge on any atom is -0.409 e. The molecular weight excluding hydrogens is 345 g/mol. The number of benzene rings is 1. The summed E-state index contributed by atoms with van der Waals surface area (Å²) < 4.78 is 0.915. The van der Waals surface area contributed by atoms with Gasteiger partial charge in [-0.05, 0) is 48.1 Å². The molecule has 1 aromatic rings. The normalized spacial score (nSPS) is 13.2. The summed E-state index contributed by atoms with van der Waals surface area (Å²) >= 11 is 2.15. The summed E-state index contributed by atoms with van der Waals surface area (Å²) in [6, 6.07) is 5.10. The van der Waals surface area contributed by atoms with E-state index in [1.165, 1.54) is 4.90 Å². The lowest BCUT2D eigenvalue weighted by atomic mass is 10.1. The molecule has 0 aliphatic rings. The summed E-state index contributed by atoms with van der Waals surface area (Å²) in [5.41, 5.74) is 7.17. The number of hydrogen-bond acceptors (Lipinski definition) is 3. The SMILES string of the molecule is Cc1cccc(C(=O)N(C)C(C)/C(N)=N/O)c1I. The van der Waals surface area contributed by atoms with E-state index in [9.17, 15) is 4.79 Å². The molecule has 0 aliphatic carbocycles. The van der Waals surface area contributed by atoms with Crippen LogP contribution in [0.4, 0.5) is 0 Å². The van der Waals surface area contributed by atoms with Crippen molar-refractivity contribution in [3.63, 3.8) is 0 Å². The summed E-state index contributed by atoms with van der Waals surface area (Å²) in [7, 11) is 1.63. The third-order valence-electron chi connectivity index (χ3n) is 2.87. The van der Waals surface area contributed by atoms with Gasteiger partial charge in [0.15, 0.2) is 5.84 Å². The summed E-state index contributed by atoms with van der Waals surface area (Å²) in [6.07, 6.45) is 0. The number of amidine groups is 1. The van der Waals surface area contributed by atoms with E-state index in [0.717, 1.165) is 9.13 Å². The van der Waals surface area contributed by atoms with Crippen molar-refractivity contribution in [2.75, 3.05) is 7.05 Å². The third-order valence-corrected chi connectivity index (χ3v) is 4.30. The van der Waals surface area contributed by atoms with Gasteiger partial charge in [0, 0.05) is 10.6 Å². The van der Waals surface area contributed by atoms with E-state index < -0.39 is 6.04 Å². The van der Waals surface area contributed by atoms with Crippen molar-refractivity contribution >= 4 is 34.3 Å². The quantitative estimate of drug-likeness (QED) is 0.283. The van der Waals surface area contributed by atoms with Crippen LogP contribution >= 0.6 is 22.6 Å². The second kappa shape index (κ2) is 6.03. The average Bonchev–Trinajstić information content (AvgIpc) is 2.38. The van der Waals surface area contributed by atoms with Crippen LogP contribution in [0.2, 0.25) is 0 Å². The van der Waals surface area contributed by atoms with Gasteiger partial charge in [-0.3, -0.25) is 4.79 Å². The molecule has 18 heavy (non-hydrogen) atoms. The molecule has 0 fully saturated rings. The maximum Gasteiger partial charge on any atom is 0.255 e. The number of hydrogen-bond donors (Lipinski definition) is 2. The Labute approximate surface area is 120 Å². The van der Waals surface area contributed by atoms with E-state index in [0.29, 0.717) is 5.56 Å². The lowest BCUT2D eigenvalue weighted by Gasteiger charge is -2.24. The molecule has 98 valence electrons. The zero-order valence-electron chi connectivity index (χ0n) is 10.5. The second-order valence-electron chi connectivity index (χ2n) is 4.05. The highest BCUT2D eigenvalue weighted by Crippen LogP contribution is 2.18. The number of nitrogens with zero attached hydrogens (tertiary/aromatic N) is 2. The van der Waals surface area contributed by atoms with Crippen LogP contribution in [-0.2, 0) is 0 Å². The molecule has 0 aromatic heterocycles. The Bertz CT molecular complexity index is 488. The molecule has 0 saturated heterocycles. The Hall–Kier alpha value is -1.31. The van der Waals surface area contributed by atoms with Crippen LogP contribution in [0.1, 0.15) is 22.8 Å². The molecule has 1 aromatic carbocycles. The van der Waals surface area contributed by atoms with Crippen molar-refractivity contribution in [2.24, 2.45) is 10.9 Å². The van der Waals surface area contributed by atoms with Crippen LogP contribution < -0.4 is 5.73 Å². The molecule has 0 aliphatic heterocycles. The maximum atomic E-state index is 12.3. The van der Waals surface area contributed by atoms with E-state index in [1.807, 2.05) is 19.1 Å². The van der Waals surface area contributed by atoms with E-state index in [1.54, 1.807) is 20.0 Å². The summed E-state index contributed by atoms with van der Waals surface area (Å²) in [5.74, 6) is -0.143. The Morgan fingerprint density at radius 2 is 2.17 bits per heavy atom. The molecule has 5 nitrogen and oxygen atoms in total. The predicted octanol–water partition coefficient (Wildman–Crippen LogP) is 1.81. The molecule has 0 radical (unpaired) electrons. The van der Waals surface area contributed by atoms with Gasteiger partial charge < -0.3 is 15.8 Å². The lowest BCUT2D eigenvalue weighted by Crippen LogP contribution is -2.44. The predicted molar refractivity (Wildman–Crippen MR) is 78.9 cm³/mol. The van der Waals surface area contributed by atoms with Crippen LogP contribution in [0, 0.1) is 10.5 Å². The van der Waals surface area contributed by atoms with Gasteiger partial charge >= 0.3 is 0 Å². The number of oxime groups is 1. The molecular formula is C12H16IN3O2. The first-order valence-corrected chi connectivity index (χ1v) is 6.47. The molecule has 1 unspecified atom stereocenters. The second-order valence-corrected chi connectivity index (χ2v) is 5.13. The van der Waals surface area contributed by atoms with Gasteiger partial charge in [-0.2, -0.15) is 0 Å². The number of nitrogens with two attached hydrogens (primary N) is 1. The van der Waals surface area contributed by atoms with Gasteiger partial charge in [0.25, 0.3) is 5.91 Å². The van der Waals surface area contributed by atoms with Crippen LogP contribution in [0.25, 0.3) is 0 Å². The van der Waals surface area contributed by atoms with Gasteiger partial charge in [-0.15, -0.1) is 0 Å². The fraction of sp³-hybridized carbons (Fsp3) is 0.333. The number of halogens is 1. The van der Waals surface area contributed by atoms with Crippen LogP contribution in [0.3, 0.4) is 0 Å². The molecule has 0 heterocycles. The van der Waals surface area contributed by atoms with E-state index in [4.69, 9.17) is 10.9 Å². The summed E-state index contributed by atoms with van der Waals surface area (Å²) in [6.45, 7) is 3.65. The Balaban J connectivity index is 3.04. The largest absolute Gasteiger partial charge is 0.409 e. The van der Waals surface area contributed by atoms with Gasteiger partial charge in [0.1, 0.15) is 0 Å². The topological polar surface area (TPSA) is 78.9 Å². The van der Waals surface area contributed by atoms with Crippen molar-refractivity contribution in [2.45, 2.75) is 19.9 Å². The van der Waals surface area contributed by atoms with Crippen LogP contribution in [0.15, 0.2) is 23.4 Å². The molecule has 0 bridgehead atoms. The molecule has 1 rings (SSSR count). The van der Waals surface area contributed by atoms with Gasteiger partial charge in [-0.25, -0.2) is 0 Å². The number of aryl methyl sites for hydroxylation is 1. The minimum absolute atomic E-state index is 0.00788. The van der Waals surface area contributed by atoms with Gasteiger partial charge in [0.2, 0.25) is 0 Å². The highest BCUT2D eigenvalue weighted by molar-refractivity contribution is 14.1. The lowest BCUT2D eigenvalue weighted by molar-refractivity contribution is 0.0775. The zero-order chi connectivity index (χ0) is 13.9. The van der Waals surface area contributed by atoms with Crippen molar-refractivity contribution in [1.29, 1.82) is 0 Å². The Kier molecular flexibility index (Phi) is 4.94. The van der Waals surface area contributed by atoms with Crippen LogP contribution in [0.5, 0.6) is 0 Å². The van der Waals surface area contributed by atoms with Crippen molar-refractivity contribution in [3.05, 3.63) is 32.9 Å². The monoisotopic (exact) mass is 361 g/mol. The van der Waals surface area contributed by atoms with Crippen molar-refractivity contribution in [1.82, 2.24) is 4.90 Å². The standard InChI is InChI=1S/C12H16IN3O2/c1-7-5-4-6-9(10(7)13)12(17)16(3)8(2)11(14)15-18/h4-6,8,18H,1-3H3,(H2,14,15). The zero-order valence-corrected chi connectivity index (χ0v) is 12.7. The first-order valence-electron chi connectivity index (χ1n) is 5.39. The van der Waals surface area contributed by atoms with Gasteiger partial charge in [-0.1, -0.05) is 17.3 Å². The summed E-state index contributed by atoms with van der Waals surface area (Å²) in [4.78, 5) is 13.8. The number of rotatable bonds is 3. The Morgan fingerprint density at radius 1 is 1.56 bits per heavy atom. The fourth-order valence-electron chi connectivity index (χ4n) is 1.46. The van der Waals surface area contributed by atoms with E-state index in [2.05, 4.69) is 27.7 Å². The van der Waals surface area contributed by atoms with Gasteiger partial charge in [0.05, 0.1) is 11.6 Å². The highest BCUT2D eigenvalue weighted by atomic mass is 127. The number of amides is 1. The molecule has 0 spiro atoms. The number of carbonyl (C=O) groups is 1. The Morgan fingerprint density at radius 3 is 2.72 bits per heavy atom. The molecule has 1 amide bonds. The van der Waals surface area contributed by atoms with E-state index >= 15 is 0 Å². The van der Waals surface area contributed by atoms with Crippen molar-refractivity contribution < 1.29 is 10.0 Å². The van der Waals surface area contributed by atoms with E-state index in [-0.39, 0.29) is 11.7 Å².